The number of carbonyl (C=O) groups is 1. The van der Waals surface area contributed by atoms with E-state index in [9.17, 15) is 4.79 Å². The van der Waals surface area contributed by atoms with E-state index in [1.807, 2.05) is 0 Å². The first-order valence-electron chi connectivity index (χ1n) is 4.26. The van der Waals surface area contributed by atoms with Crippen molar-refractivity contribution in [3.63, 3.8) is 0 Å². The molecule has 6 heteroatoms. The molecule has 0 aliphatic heterocycles. The summed E-state index contributed by atoms with van der Waals surface area (Å²) in [5.41, 5.74) is 0. The van der Waals surface area contributed by atoms with Crippen LogP contribution in [0.1, 0.15) is 0 Å². The molecule has 0 radical (unpaired) electrons. The lowest BCUT2D eigenvalue weighted by atomic mass is 10.4. The molecular formula is C9H11Cl2N3O. The fraction of sp³-hybridized carbons (Fsp3) is 0.333. The summed E-state index contributed by atoms with van der Waals surface area (Å²) in [4.78, 5) is 16.7. The highest BCUT2D eigenvalue weighted by atomic mass is 35.5. The lowest BCUT2D eigenvalue weighted by molar-refractivity contribution is -0.126. The van der Waals surface area contributed by atoms with Gasteiger partial charge < -0.3 is 10.2 Å². The lowest BCUT2D eigenvalue weighted by Gasteiger charge is -2.11. The van der Waals surface area contributed by atoms with E-state index in [2.05, 4.69) is 10.3 Å². The smallest absolute Gasteiger partial charge is 0.241 e. The Hall–Kier alpha value is -1.000. The highest BCUT2D eigenvalue weighted by molar-refractivity contribution is 6.35. The number of aromatic nitrogens is 1. The van der Waals surface area contributed by atoms with Gasteiger partial charge in [0, 0.05) is 20.3 Å². The Balaban J connectivity index is 2.62. The van der Waals surface area contributed by atoms with E-state index in [1.54, 1.807) is 20.2 Å². The first kappa shape index (κ1) is 12.1. The number of nitrogens with one attached hydrogen (secondary N) is 1. The van der Waals surface area contributed by atoms with Crippen LogP contribution in [0, 0.1) is 0 Å². The minimum atomic E-state index is -0.0529. The van der Waals surface area contributed by atoms with Gasteiger partial charge in [0.05, 0.1) is 16.6 Å². The molecule has 1 aromatic rings. The van der Waals surface area contributed by atoms with Crippen molar-refractivity contribution in [2.75, 3.05) is 26.0 Å². The molecule has 82 valence electrons. The van der Waals surface area contributed by atoms with Gasteiger partial charge in [-0.1, -0.05) is 23.2 Å². The van der Waals surface area contributed by atoms with Gasteiger partial charge in [-0.05, 0) is 6.07 Å². The van der Waals surface area contributed by atoms with Crippen molar-refractivity contribution in [1.29, 1.82) is 0 Å². The average Bonchev–Trinajstić information content (AvgIpc) is 2.15. The fourth-order valence-electron chi connectivity index (χ4n) is 0.862. The molecule has 15 heavy (non-hydrogen) atoms. The van der Waals surface area contributed by atoms with Gasteiger partial charge in [0.25, 0.3) is 0 Å². The first-order chi connectivity index (χ1) is 7.00. The zero-order valence-electron chi connectivity index (χ0n) is 8.42. The number of amides is 1. The zero-order valence-corrected chi connectivity index (χ0v) is 9.93. The molecule has 0 aliphatic carbocycles. The Morgan fingerprint density at radius 1 is 1.53 bits per heavy atom. The molecular weight excluding hydrogens is 237 g/mol. The van der Waals surface area contributed by atoms with Crippen molar-refractivity contribution in [3.05, 3.63) is 22.3 Å². The Bertz CT molecular complexity index is 368. The summed E-state index contributed by atoms with van der Waals surface area (Å²) < 4.78 is 0. The summed E-state index contributed by atoms with van der Waals surface area (Å²) in [6.45, 7) is 0.154. The van der Waals surface area contributed by atoms with E-state index < -0.39 is 0 Å². The zero-order chi connectivity index (χ0) is 11.4. The van der Waals surface area contributed by atoms with Gasteiger partial charge in [0.2, 0.25) is 5.91 Å². The lowest BCUT2D eigenvalue weighted by Crippen LogP contribution is -2.28. The van der Waals surface area contributed by atoms with Gasteiger partial charge in [-0.15, -0.1) is 0 Å². The third-order valence-electron chi connectivity index (χ3n) is 1.71. The highest BCUT2D eigenvalue weighted by Gasteiger charge is 2.06. The van der Waals surface area contributed by atoms with E-state index in [0.29, 0.717) is 15.9 Å². The summed E-state index contributed by atoms with van der Waals surface area (Å²) in [6, 6.07) is 1.57. The number of rotatable bonds is 3. The number of halogens is 2. The quantitative estimate of drug-likeness (QED) is 0.888. The van der Waals surface area contributed by atoms with Crippen LogP contribution in [0.4, 0.5) is 5.82 Å². The Morgan fingerprint density at radius 2 is 2.20 bits per heavy atom. The third kappa shape index (κ3) is 3.57. The van der Waals surface area contributed by atoms with E-state index in [0.717, 1.165) is 0 Å². The Labute approximate surface area is 98.2 Å². The highest BCUT2D eigenvalue weighted by Crippen LogP contribution is 2.22. The summed E-state index contributed by atoms with van der Waals surface area (Å²) in [5.74, 6) is 0.402. The minimum absolute atomic E-state index is 0.0529. The largest absolute Gasteiger partial charge is 0.360 e. The van der Waals surface area contributed by atoms with Crippen molar-refractivity contribution in [3.8, 4) is 0 Å². The number of nitrogens with zero attached hydrogens (tertiary/aromatic N) is 2. The number of anilines is 1. The molecule has 0 unspecified atom stereocenters. The maximum absolute atomic E-state index is 11.3. The standard InChI is InChI=1S/C9H11Cl2N3O/c1-14(2)8(15)5-13-9-7(11)3-6(10)4-12-9/h3-4H,5H2,1-2H3,(H,12,13). The number of hydrogen-bond acceptors (Lipinski definition) is 3. The van der Waals surface area contributed by atoms with Gasteiger partial charge in [0.15, 0.2) is 0 Å². The van der Waals surface area contributed by atoms with Gasteiger partial charge in [-0.25, -0.2) is 4.98 Å². The first-order valence-corrected chi connectivity index (χ1v) is 5.01. The predicted molar refractivity (Wildman–Crippen MR) is 61.4 cm³/mol. The van der Waals surface area contributed by atoms with Crippen LogP contribution in [-0.2, 0) is 4.79 Å². The second-order valence-corrected chi connectivity index (χ2v) is 3.97. The van der Waals surface area contributed by atoms with Crippen LogP contribution in [-0.4, -0.2) is 36.4 Å². The van der Waals surface area contributed by atoms with Crippen molar-refractivity contribution in [1.82, 2.24) is 9.88 Å². The molecule has 1 amide bonds. The van der Waals surface area contributed by atoms with Crippen LogP contribution in [0.3, 0.4) is 0 Å². The van der Waals surface area contributed by atoms with Crippen LogP contribution in [0.15, 0.2) is 12.3 Å². The SMILES string of the molecule is CN(C)C(=O)CNc1ncc(Cl)cc1Cl. The van der Waals surface area contributed by atoms with Gasteiger partial charge >= 0.3 is 0 Å². The normalized spacial score (nSPS) is 9.87. The third-order valence-corrected chi connectivity index (χ3v) is 2.21. The van der Waals surface area contributed by atoms with Crippen LogP contribution >= 0.6 is 23.2 Å². The molecule has 0 saturated heterocycles. The monoisotopic (exact) mass is 247 g/mol. The van der Waals surface area contributed by atoms with Gasteiger partial charge in [-0.2, -0.15) is 0 Å². The molecule has 0 atom stereocenters. The molecule has 4 nitrogen and oxygen atoms in total. The van der Waals surface area contributed by atoms with Crippen LogP contribution in [0.2, 0.25) is 10.0 Å². The fourth-order valence-corrected chi connectivity index (χ4v) is 1.31. The molecule has 0 saturated carbocycles. The predicted octanol–water partition coefficient (Wildman–Crippen LogP) is 1.89. The molecule has 1 N–H and O–H groups in total. The van der Waals surface area contributed by atoms with Crippen molar-refractivity contribution in [2.24, 2.45) is 0 Å². The van der Waals surface area contributed by atoms with E-state index in [1.165, 1.54) is 11.1 Å². The summed E-state index contributed by atoms with van der Waals surface area (Å²) in [7, 11) is 3.36. The molecule has 0 aromatic carbocycles. The van der Waals surface area contributed by atoms with Crippen LogP contribution < -0.4 is 5.32 Å². The number of pyridine rings is 1. The van der Waals surface area contributed by atoms with Crippen LogP contribution in [0.5, 0.6) is 0 Å². The Kier molecular flexibility index (Phi) is 4.17. The van der Waals surface area contributed by atoms with Crippen LogP contribution in [0.25, 0.3) is 0 Å². The average molecular weight is 248 g/mol. The summed E-state index contributed by atoms with van der Waals surface area (Å²) >= 11 is 11.5. The summed E-state index contributed by atoms with van der Waals surface area (Å²) in [6.07, 6.45) is 1.47. The van der Waals surface area contributed by atoms with Gasteiger partial charge in [0.1, 0.15) is 5.82 Å². The molecule has 1 heterocycles. The molecule has 1 rings (SSSR count). The maximum Gasteiger partial charge on any atom is 0.241 e. The van der Waals surface area contributed by atoms with E-state index in [4.69, 9.17) is 23.2 Å². The number of carbonyl (C=O) groups excluding carboxylic acids is 1. The maximum atomic E-state index is 11.3. The molecule has 0 bridgehead atoms. The number of hydrogen-bond donors (Lipinski definition) is 1. The van der Waals surface area contributed by atoms with E-state index in [-0.39, 0.29) is 12.5 Å². The number of likely N-dealkylation sites (N-methyl/N-ethyl adjacent to an activating group) is 1. The molecule has 0 aliphatic rings. The molecule has 0 spiro atoms. The second-order valence-electron chi connectivity index (χ2n) is 3.13. The Morgan fingerprint density at radius 3 is 2.73 bits per heavy atom. The van der Waals surface area contributed by atoms with Crippen molar-refractivity contribution < 1.29 is 4.79 Å². The topological polar surface area (TPSA) is 45.2 Å². The van der Waals surface area contributed by atoms with Crippen molar-refractivity contribution in [2.45, 2.75) is 0 Å². The second kappa shape index (κ2) is 5.19. The van der Waals surface area contributed by atoms with Crippen molar-refractivity contribution >= 4 is 34.9 Å². The van der Waals surface area contributed by atoms with Gasteiger partial charge in [-0.3, -0.25) is 4.79 Å². The summed E-state index contributed by atoms with van der Waals surface area (Å²) in [5, 5.41) is 3.69. The molecule has 0 fully saturated rings. The molecule has 1 aromatic heterocycles. The van der Waals surface area contributed by atoms with E-state index >= 15 is 0 Å². The minimum Gasteiger partial charge on any atom is -0.360 e.